The second kappa shape index (κ2) is 12.2. The minimum atomic E-state index is -0.251. The summed E-state index contributed by atoms with van der Waals surface area (Å²) < 4.78 is 18.9. The number of rotatable bonds is 9. The van der Waals surface area contributed by atoms with Crippen LogP contribution < -0.4 is 15.9 Å². The molecule has 1 atom stereocenters. The van der Waals surface area contributed by atoms with Gasteiger partial charge >= 0.3 is 0 Å². The maximum atomic E-state index is 12.6. The molecular formula is C33H40BFN2O. The highest BCUT2D eigenvalue weighted by Gasteiger charge is 2.24. The Balaban J connectivity index is 1.49. The molecule has 1 fully saturated rings. The zero-order valence-corrected chi connectivity index (χ0v) is 22.9. The van der Waals surface area contributed by atoms with E-state index >= 15 is 0 Å². The van der Waals surface area contributed by atoms with Gasteiger partial charge in [-0.3, -0.25) is 9.29 Å². The third-order valence-corrected chi connectivity index (χ3v) is 8.01. The van der Waals surface area contributed by atoms with Crippen LogP contribution in [-0.4, -0.2) is 44.6 Å². The van der Waals surface area contributed by atoms with E-state index in [1.165, 1.54) is 44.4 Å². The van der Waals surface area contributed by atoms with Gasteiger partial charge in [0.1, 0.15) is 11.9 Å². The van der Waals surface area contributed by atoms with Gasteiger partial charge in [0, 0.05) is 25.3 Å². The first-order valence-electron chi connectivity index (χ1n) is 14.3. The predicted molar refractivity (Wildman–Crippen MR) is 161 cm³/mol. The number of fused-ring (bicyclic) bond motifs is 1. The lowest BCUT2D eigenvalue weighted by atomic mass is 9.67. The Hall–Kier alpha value is -3.05. The Morgan fingerprint density at radius 3 is 2.61 bits per heavy atom. The summed E-state index contributed by atoms with van der Waals surface area (Å²) in [4.78, 5) is 2.30. The third-order valence-electron chi connectivity index (χ3n) is 8.01. The number of hydrogen-bond donors (Lipinski definition) is 1. The standard InChI is InChI=1S/C33H40BFN2O/c1-3-34-26-10-14-30(23(2)20-26)32-7-4-6-25-21-27(36)11-15-31(25)33(32)24-8-12-28(13-9-24)38-29-16-19-37(22-29)18-5-17-35/h8-15,20-21,29,34H,3-7,16-19,22,36H2,1-2H3. The summed E-state index contributed by atoms with van der Waals surface area (Å²) in [5, 5.41) is 0. The normalized spacial score (nSPS) is 17.8. The van der Waals surface area contributed by atoms with Gasteiger partial charge in [-0.1, -0.05) is 55.1 Å². The van der Waals surface area contributed by atoms with Gasteiger partial charge in [-0.15, -0.1) is 0 Å². The van der Waals surface area contributed by atoms with E-state index in [0.29, 0.717) is 6.42 Å². The molecular weight excluding hydrogens is 470 g/mol. The number of nitrogens with zero attached hydrogens (tertiary/aromatic N) is 1. The minimum Gasteiger partial charge on any atom is -0.489 e. The molecule has 3 nitrogen and oxygen atoms in total. The maximum Gasteiger partial charge on any atom is 0.157 e. The van der Waals surface area contributed by atoms with Crippen molar-refractivity contribution in [2.24, 2.45) is 0 Å². The molecule has 3 aromatic rings. The summed E-state index contributed by atoms with van der Waals surface area (Å²) in [6, 6.07) is 22.1. The van der Waals surface area contributed by atoms with Gasteiger partial charge in [0.05, 0.1) is 6.67 Å². The van der Waals surface area contributed by atoms with Crippen molar-refractivity contribution >= 4 is 29.6 Å². The van der Waals surface area contributed by atoms with E-state index in [2.05, 4.69) is 73.3 Å². The van der Waals surface area contributed by atoms with Gasteiger partial charge in [-0.05, 0) is 102 Å². The molecule has 0 amide bonds. The number of benzene rings is 3. The van der Waals surface area contributed by atoms with Gasteiger partial charge in [-0.25, -0.2) is 0 Å². The van der Waals surface area contributed by atoms with E-state index in [4.69, 9.17) is 10.5 Å². The largest absolute Gasteiger partial charge is 0.489 e. The number of aryl methyl sites for hydroxylation is 2. The fourth-order valence-corrected chi connectivity index (χ4v) is 6.19. The fraction of sp³-hybridized carbons (Fsp3) is 0.394. The highest BCUT2D eigenvalue weighted by atomic mass is 19.1. The summed E-state index contributed by atoms with van der Waals surface area (Å²) in [5.41, 5.74) is 17.7. The van der Waals surface area contributed by atoms with Crippen LogP contribution in [-0.2, 0) is 6.42 Å². The average Bonchev–Trinajstić information content (AvgIpc) is 3.27. The van der Waals surface area contributed by atoms with Crippen LogP contribution in [0.4, 0.5) is 10.1 Å². The van der Waals surface area contributed by atoms with Crippen LogP contribution in [0.3, 0.4) is 0 Å². The van der Waals surface area contributed by atoms with E-state index < -0.39 is 0 Å². The first-order valence-corrected chi connectivity index (χ1v) is 14.3. The van der Waals surface area contributed by atoms with E-state index in [-0.39, 0.29) is 12.8 Å². The number of ether oxygens (including phenoxy) is 1. The van der Waals surface area contributed by atoms with Crippen LogP contribution in [0.2, 0.25) is 6.32 Å². The van der Waals surface area contributed by atoms with Gasteiger partial charge in [0.15, 0.2) is 7.28 Å². The summed E-state index contributed by atoms with van der Waals surface area (Å²) in [6.07, 6.45) is 6.09. The second-order valence-corrected chi connectivity index (χ2v) is 10.9. The number of nitrogens with two attached hydrogens (primary N) is 1. The quantitative estimate of drug-likeness (QED) is 0.276. The van der Waals surface area contributed by atoms with Gasteiger partial charge in [-0.2, -0.15) is 0 Å². The number of nitrogen functional groups attached to an aromatic ring is 1. The maximum absolute atomic E-state index is 12.6. The van der Waals surface area contributed by atoms with Crippen LogP contribution in [0.1, 0.15) is 60.4 Å². The van der Waals surface area contributed by atoms with E-state index in [0.717, 1.165) is 70.4 Å². The molecule has 0 radical (unpaired) electrons. The first-order chi connectivity index (χ1) is 18.6. The van der Waals surface area contributed by atoms with Crippen molar-refractivity contribution in [3.05, 3.63) is 88.5 Å². The highest BCUT2D eigenvalue weighted by molar-refractivity contribution is 6.53. The molecule has 0 aromatic heterocycles. The lowest BCUT2D eigenvalue weighted by molar-refractivity contribution is 0.198. The SMILES string of the molecule is CCBc1ccc(C2=C(c3ccc(OC4CCN(CCCF)C4)cc3)c3ccc(N)cc3CCC2)c(C)c1. The predicted octanol–water partition coefficient (Wildman–Crippen LogP) is 6.19. The molecule has 198 valence electrons. The molecule has 0 bridgehead atoms. The first kappa shape index (κ1) is 26.6. The Morgan fingerprint density at radius 1 is 1.03 bits per heavy atom. The van der Waals surface area contributed by atoms with Crippen molar-refractivity contribution in [2.75, 3.05) is 32.0 Å². The number of allylic oxidation sites excluding steroid dienone is 1. The Kier molecular flexibility index (Phi) is 8.53. The van der Waals surface area contributed by atoms with Crippen molar-refractivity contribution in [2.45, 2.75) is 58.4 Å². The lowest BCUT2D eigenvalue weighted by Crippen LogP contribution is -2.26. The highest BCUT2D eigenvalue weighted by Crippen LogP contribution is 2.41. The summed E-state index contributed by atoms with van der Waals surface area (Å²) in [7, 11) is 1.12. The van der Waals surface area contributed by atoms with Crippen LogP contribution >= 0.6 is 0 Å². The Bertz CT molecular complexity index is 1290. The molecule has 0 saturated carbocycles. The molecule has 1 heterocycles. The van der Waals surface area contributed by atoms with E-state index in [9.17, 15) is 4.39 Å². The van der Waals surface area contributed by atoms with Crippen molar-refractivity contribution in [1.82, 2.24) is 4.90 Å². The molecule has 1 aliphatic carbocycles. The lowest BCUT2D eigenvalue weighted by Gasteiger charge is -2.20. The molecule has 5 rings (SSSR count). The molecule has 1 saturated heterocycles. The van der Waals surface area contributed by atoms with Crippen molar-refractivity contribution < 1.29 is 9.13 Å². The number of halogens is 1. The van der Waals surface area contributed by atoms with Gasteiger partial charge in [0.2, 0.25) is 0 Å². The van der Waals surface area contributed by atoms with Crippen LogP contribution in [0.15, 0.2) is 60.7 Å². The number of anilines is 1. The van der Waals surface area contributed by atoms with Gasteiger partial charge < -0.3 is 10.5 Å². The van der Waals surface area contributed by atoms with Crippen molar-refractivity contribution in [3.63, 3.8) is 0 Å². The van der Waals surface area contributed by atoms with Crippen LogP contribution in [0, 0.1) is 6.92 Å². The summed E-state index contributed by atoms with van der Waals surface area (Å²) >= 11 is 0. The number of alkyl halides is 1. The third kappa shape index (κ3) is 5.99. The Labute approximate surface area is 228 Å². The molecule has 1 unspecified atom stereocenters. The molecule has 3 aromatic carbocycles. The average molecular weight is 511 g/mol. The zero-order chi connectivity index (χ0) is 26.5. The van der Waals surface area contributed by atoms with Crippen molar-refractivity contribution in [3.8, 4) is 5.75 Å². The number of hydrogen-bond acceptors (Lipinski definition) is 3. The Morgan fingerprint density at radius 2 is 1.84 bits per heavy atom. The molecule has 2 aliphatic rings. The molecule has 5 heteroatoms. The molecule has 0 spiro atoms. The van der Waals surface area contributed by atoms with Crippen LogP contribution in [0.25, 0.3) is 11.1 Å². The molecule has 1 aliphatic heterocycles. The van der Waals surface area contributed by atoms with Crippen molar-refractivity contribution in [1.29, 1.82) is 0 Å². The van der Waals surface area contributed by atoms with Gasteiger partial charge in [0.25, 0.3) is 0 Å². The summed E-state index contributed by atoms with van der Waals surface area (Å²) in [6.45, 7) is 6.91. The van der Waals surface area contributed by atoms with Crippen LogP contribution in [0.5, 0.6) is 5.75 Å². The topological polar surface area (TPSA) is 38.5 Å². The molecule has 2 N–H and O–H groups in total. The van der Waals surface area contributed by atoms with E-state index in [1.54, 1.807) is 0 Å². The monoisotopic (exact) mass is 510 g/mol. The van der Waals surface area contributed by atoms with E-state index in [1.807, 2.05) is 6.07 Å². The fourth-order valence-electron chi connectivity index (χ4n) is 6.19. The second-order valence-electron chi connectivity index (χ2n) is 10.9. The molecule has 38 heavy (non-hydrogen) atoms. The zero-order valence-electron chi connectivity index (χ0n) is 22.9. The minimum absolute atomic E-state index is 0.168. The smallest absolute Gasteiger partial charge is 0.157 e. The number of likely N-dealkylation sites (tertiary alicyclic amines) is 1. The summed E-state index contributed by atoms with van der Waals surface area (Å²) in [5.74, 6) is 0.902.